The van der Waals surface area contributed by atoms with Gasteiger partial charge in [-0.1, -0.05) is 64.1 Å². The average Bonchev–Trinajstić information content (AvgIpc) is 3.12. The molecule has 0 unspecified atom stereocenters. The molecule has 4 heteroatoms. The first-order valence-electron chi connectivity index (χ1n) is 10.7. The molecule has 5 atom stereocenters. The second-order valence-corrected chi connectivity index (χ2v) is 15.0. The molecule has 156 valence electrons. The van der Waals surface area contributed by atoms with Gasteiger partial charge in [0.2, 0.25) is 0 Å². The quantitative estimate of drug-likeness (QED) is 0.405. The van der Waals surface area contributed by atoms with Crippen molar-refractivity contribution in [3.05, 3.63) is 48.6 Å². The van der Waals surface area contributed by atoms with Gasteiger partial charge in [-0.15, -0.1) is 6.58 Å². The molecule has 0 aromatic heterocycles. The Morgan fingerprint density at radius 1 is 1.25 bits per heavy atom. The maximum absolute atomic E-state index is 6.65. The predicted octanol–water partition coefficient (Wildman–Crippen LogP) is 5.82. The first-order valence-corrected chi connectivity index (χ1v) is 13.6. The molecule has 0 spiro atoms. The van der Waals surface area contributed by atoms with Crippen molar-refractivity contribution in [2.45, 2.75) is 70.6 Å². The Kier molecular flexibility index (Phi) is 6.26. The van der Waals surface area contributed by atoms with E-state index in [0.29, 0.717) is 31.7 Å². The first-order chi connectivity index (χ1) is 13.1. The molecule has 0 amide bonds. The van der Waals surface area contributed by atoms with Gasteiger partial charge in [0.25, 0.3) is 0 Å². The van der Waals surface area contributed by atoms with E-state index in [9.17, 15) is 0 Å². The van der Waals surface area contributed by atoms with Crippen LogP contribution in [0, 0.1) is 17.8 Å². The van der Waals surface area contributed by atoms with E-state index in [1.165, 1.54) is 5.56 Å². The van der Waals surface area contributed by atoms with Crippen molar-refractivity contribution in [2.75, 3.05) is 13.2 Å². The minimum absolute atomic E-state index is 0.200. The molecule has 0 radical (unpaired) electrons. The van der Waals surface area contributed by atoms with Crippen LogP contribution in [0.25, 0.3) is 0 Å². The van der Waals surface area contributed by atoms with E-state index in [4.69, 9.17) is 13.9 Å². The fraction of sp³-hybridized carbons (Fsp3) is 0.667. The van der Waals surface area contributed by atoms with Crippen molar-refractivity contribution in [3.8, 4) is 0 Å². The monoisotopic (exact) mass is 402 g/mol. The summed E-state index contributed by atoms with van der Waals surface area (Å²) in [4.78, 5) is 0. The van der Waals surface area contributed by atoms with Gasteiger partial charge in [0.15, 0.2) is 8.32 Å². The van der Waals surface area contributed by atoms with Crippen LogP contribution in [-0.4, -0.2) is 33.2 Å². The summed E-state index contributed by atoms with van der Waals surface area (Å²) in [5, 5.41) is 0.200. The summed E-state index contributed by atoms with van der Waals surface area (Å²) in [7, 11) is -1.83. The van der Waals surface area contributed by atoms with Gasteiger partial charge in [-0.05, 0) is 36.0 Å². The second-order valence-electron chi connectivity index (χ2n) is 10.2. The Morgan fingerprint density at radius 3 is 2.54 bits per heavy atom. The molecule has 3 nitrogen and oxygen atoms in total. The Labute approximate surface area is 172 Å². The molecule has 0 aliphatic carbocycles. The highest BCUT2D eigenvalue weighted by atomic mass is 28.4. The SMILES string of the molecule is C=C[C@H]1[C@@H](COCc2ccccc2)[C@@H]2C[C@H](C)[C@@]1(CO[Si](C)(C)C(C)(C)C)O2. The molecular weight excluding hydrogens is 364 g/mol. The summed E-state index contributed by atoms with van der Waals surface area (Å²) in [5.74, 6) is 1.12. The van der Waals surface area contributed by atoms with Crippen LogP contribution < -0.4 is 0 Å². The van der Waals surface area contributed by atoms with E-state index in [-0.39, 0.29) is 22.7 Å². The lowest BCUT2D eigenvalue weighted by Crippen LogP contribution is -2.51. The lowest BCUT2D eigenvalue weighted by molar-refractivity contribution is -0.0564. The molecule has 2 aliphatic heterocycles. The number of rotatable bonds is 8. The number of hydrogen-bond donors (Lipinski definition) is 0. The van der Waals surface area contributed by atoms with Crippen LogP contribution in [0.5, 0.6) is 0 Å². The van der Waals surface area contributed by atoms with Crippen LogP contribution in [0.15, 0.2) is 43.0 Å². The average molecular weight is 403 g/mol. The topological polar surface area (TPSA) is 27.7 Å². The summed E-state index contributed by atoms with van der Waals surface area (Å²) < 4.78 is 19.4. The lowest BCUT2D eigenvalue weighted by Gasteiger charge is -2.43. The van der Waals surface area contributed by atoms with Crippen LogP contribution in [-0.2, 0) is 20.5 Å². The highest BCUT2D eigenvalue weighted by molar-refractivity contribution is 6.74. The van der Waals surface area contributed by atoms with Gasteiger partial charge in [-0.25, -0.2) is 0 Å². The van der Waals surface area contributed by atoms with Gasteiger partial charge >= 0.3 is 0 Å². The van der Waals surface area contributed by atoms with Crippen LogP contribution in [0.4, 0.5) is 0 Å². The Morgan fingerprint density at radius 2 is 1.93 bits per heavy atom. The Balaban J connectivity index is 1.67. The van der Waals surface area contributed by atoms with Crippen molar-refractivity contribution in [1.29, 1.82) is 0 Å². The molecule has 2 saturated heterocycles. The van der Waals surface area contributed by atoms with Crippen molar-refractivity contribution in [2.24, 2.45) is 17.8 Å². The van der Waals surface area contributed by atoms with Gasteiger partial charge < -0.3 is 13.9 Å². The maximum atomic E-state index is 6.65. The molecule has 28 heavy (non-hydrogen) atoms. The van der Waals surface area contributed by atoms with Gasteiger partial charge in [0.1, 0.15) is 0 Å². The third-order valence-electron chi connectivity index (χ3n) is 7.43. The molecular formula is C24H38O3Si. The van der Waals surface area contributed by atoms with Crippen LogP contribution in [0.1, 0.15) is 39.7 Å². The number of fused-ring (bicyclic) bond motifs is 2. The first kappa shape index (κ1) is 21.8. The van der Waals surface area contributed by atoms with Crippen molar-refractivity contribution in [1.82, 2.24) is 0 Å². The normalized spacial score (nSPS) is 32.6. The number of ether oxygens (including phenoxy) is 2. The zero-order valence-electron chi connectivity index (χ0n) is 18.5. The van der Waals surface area contributed by atoms with Gasteiger partial charge in [-0.2, -0.15) is 0 Å². The number of hydrogen-bond acceptors (Lipinski definition) is 3. The fourth-order valence-corrected chi connectivity index (χ4v) is 5.53. The molecule has 2 bridgehead atoms. The highest BCUT2D eigenvalue weighted by Gasteiger charge is 2.62. The lowest BCUT2D eigenvalue weighted by atomic mass is 9.67. The standard InChI is InChI=1S/C24H38O3Si/c1-8-21-20(16-25-15-19-12-10-9-11-13-19)22-14-18(2)24(21,27-22)17-26-28(6,7)23(3,4)5/h8-13,18,20-22H,1,14-17H2,2-7H3/t18-,20+,21-,22-,24+/m0/s1. The van der Waals surface area contributed by atoms with Gasteiger partial charge in [-0.3, -0.25) is 0 Å². The van der Waals surface area contributed by atoms with E-state index >= 15 is 0 Å². The molecule has 0 N–H and O–H groups in total. The molecule has 2 fully saturated rings. The zero-order chi connectivity index (χ0) is 20.6. The summed E-state index contributed by atoms with van der Waals surface area (Å²) >= 11 is 0. The van der Waals surface area contributed by atoms with E-state index in [0.717, 1.165) is 6.42 Å². The van der Waals surface area contributed by atoms with E-state index < -0.39 is 8.32 Å². The summed E-state index contributed by atoms with van der Waals surface area (Å²) in [6.07, 6.45) is 3.43. The van der Waals surface area contributed by atoms with Crippen molar-refractivity contribution in [3.63, 3.8) is 0 Å². The molecule has 0 saturated carbocycles. The molecule has 2 heterocycles. The van der Waals surface area contributed by atoms with Crippen LogP contribution in [0.2, 0.25) is 18.1 Å². The Bertz CT molecular complexity index is 666. The summed E-state index contributed by atoms with van der Waals surface area (Å²) in [6.45, 7) is 20.0. The third kappa shape index (κ3) is 4.02. The van der Waals surface area contributed by atoms with Crippen LogP contribution >= 0.6 is 0 Å². The van der Waals surface area contributed by atoms with E-state index in [1.54, 1.807) is 0 Å². The molecule has 3 rings (SSSR count). The minimum atomic E-state index is -1.83. The van der Waals surface area contributed by atoms with E-state index in [1.807, 2.05) is 6.07 Å². The van der Waals surface area contributed by atoms with Gasteiger partial charge in [0.05, 0.1) is 31.5 Å². The molecule has 1 aromatic carbocycles. The number of benzene rings is 1. The van der Waals surface area contributed by atoms with Crippen LogP contribution in [0.3, 0.4) is 0 Å². The summed E-state index contributed by atoms with van der Waals surface area (Å²) in [5.41, 5.74) is 0.967. The fourth-order valence-electron chi connectivity index (χ4n) is 4.51. The largest absolute Gasteiger partial charge is 0.414 e. The third-order valence-corrected chi connectivity index (χ3v) is 11.9. The smallest absolute Gasteiger partial charge is 0.192 e. The summed E-state index contributed by atoms with van der Waals surface area (Å²) in [6, 6.07) is 10.4. The van der Waals surface area contributed by atoms with E-state index in [2.05, 4.69) is 77.7 Å². The maximum Gasteiger partial charge on any atom is 0.192 e. The minimum Gasteiger partial charge on any atom is -0.414 e. The Hall–Kier alpha value is -0.943. The van der Waals surface area contributed by atoms with Crippen molar-refractivity contribution >= 4 is 8.32 Å². The highest BCUT2D eigenvalue weighted by Crippen LogP contribution is 2.55. The van der Waals surface area contributed by atoms with Gasteiger partial charge in [0, 0.05) is 11.8 Å². The molecule has 2 aliphatic rings. The molecule has 1 aromatic rings. The predicted molar refractivity (Wildman–Crippen MR) is 118 cm³/mol. The zero-order valence-corrected chi connectivity index (χ0v) is 19.5. The van der Waals surface area contributed by atoms with Crippen molar-refractivity contribution < 1.29 is 13.9 Å². The second kappa shape index (κ2) is 8.06.